The number of fused-ring (bicyclic) bond motifs is 1. The molecule has 96 valence electrons. The maximum atomic E-state index is 5.95. The Morgan fingerprint density at radius 3 is 2.33 bits per heavy atom. The number of benzene rings is 1. The predicted octanol–water partition coefficient (Wildman–Crippen LogP) is 3.59. The van der Waals surface area contributed by atoms with Crippen molar-refractivity contribution in [2.24, 2.45) is 0 Å². The summed E-state index contributed by atoms with van der Waals surface area (Å²) in [5.41, 5.74) is 0.519. The number of halogens is 2. The molecular weight excluding hydrogens is 269 g/mol. The lowest BCUT2D eigenvalue weighted by Crippen LogP contribution is -2.39. The van der Waals surface area contributed by atoms with Gasteiger partial charge in [-0.05, 0) is 13.8 Å². The second-order valence-corrected chi connectivity index (χ2v) is 5.17. The molecule has 0 bridgehead atoms. The first kappa shape index (κ1) is 13.4. The third kappa shape index (κ3) is 2.52. The molecule has 1 N–H and O–H groups in total. The predicted molar refractivity (Wildman–Crippen MR) is 77.7 cm³/mol. The van der Waals surface area contributed by atoms with E-state index in [1.807, 2.05) is 38.1 Å². The first-order chi connectivity index (χ1) is 8.59. The fourth-order valence-electron chi connectivity index (χ4n) is 1.72. The summed E-state index contributed by atoms with van der Waals surface area (Å²) >= 11 is 11.9. The van der Waals surface area contributed by atoms with Crippen molar-refractivity contribution in [3.8, 4) is 0 Å². The summed E-state index contributed by atoms with van der Waals surface area (Å²) in [4.78, 5) is 0. The van der Waals surface area contributed by atoms with E-state index in [9.17, 15) is 0 Å². The molecule has 2 aromatic rings. The number of nitrogens with one attached hydrogen (secondary N) is 1. The van der Waals surface area contributed by atoms with Crippen LogP contribution in [0, 0.1) is 6.92 Å². The van der Waals surface area contributed by atoms with Gasteiger partial charge in [0.25, 0.3) is 0 Å². The molecule has 0 aliphatic rings. The van der Waals surface area contributed by atoms with Crippen molar-refractivity contribution in [3.05, 3.63) is 30.0 Å². The molecule has 1 aromatic heterocycles. The first-order valence-corrected chi connectivity index (χ1v) is 6.79. The molecule has 18 heavy (non-hydrogen) atoms. The van der Waals surface area contributed by atoms with Gasteiger partial charge in [-0.1, -0.05) is 24.3 Å². The van der Waals surface area contributed by atoms with Crippen LogP contribution in [0.25, 0.3) is 10.8 Å². The average molecular weight is 284 g/mol. The van der Waals surface area contributed by atoms with Crippen LogP contribution >= 0.6 is 23.2 Å². The summed E-state index contributed by atoms with van der Waals surface area (Å²) in [5, 5.41) is 13.8. The summed E-state index contributed by atoms with van der Waals surface area (Å²) in [5.74, 6) is 1.53. The van der Waals surface area contributed by atoms with E-state index in [0.717, 1.165) is 22.3 Å². The molecule has 2 rings (SSSR count). The van der Waals surface area contributed by atoms with E-state index in [-0.39, 0.29) is 0 Å². The molecule has 0 radical (unpaired) electrons. The minimum atomic E-state index is -0.393. The Morgan fingerprint density at radius 2 is 1.72 bits per heavy atom. The Hall–Kier alpha value is -1.06. The van der Waals surface area contributed by atoms with Gasteiger partial charge in [-0.3, -0.25) is 0 Å². The second-order valence-electron chi connectivity index (χ2n) is 4.63. The molecule has 0 amide bonds. The molecule has 0 unspecified atom stereocenters. The summed E-state index contributed by atoms with van der Waals surface area (Å²) < 4.78 is 0. The van der Waals surface area contributed by atoms with Crippen molar-refractivity contribution in [3.63, 3.8) is 0 Å². The molecule has 0 saturated carbocycles. The van der Waals surface area contributed by atoms with Crippen LogP contribution in [0.5, 0.6) is 0 Å². The van der Waals surface area contributed by atoms with Crippen molar-refractivity contribution in [1.29, 1.82) is 0 Å². The lowest BCUT2D eigenvalue weighted by Gasteiger charge is -2.27. The summed E-state index contributed by atoms with van der Waals surface area (Å²) in [6, 6.07) is 8.02. The summed E-state index contributed by atoms with van der Waals surface area (Å²) in [6.45, 7) is 3.91. The minimum absolute atomic E-state index is 0.393. The minimum Gasteiger partial charge on any atom is -0.360 e. The third-order valence-electron chi connectivity index (χ3n) is 2.88. The third-order valence-corrected chi connectivity index (χ3v) is 4.06. The van der Waals surface area contributed by atoms with Crippen LogP contribution in [-0.4, -0.2) is 27.5 Å². The van der Waals surface area contributed by atoms with Gasteiger partial charge >= 0.3 is 0 Å². The topological polar surface area (TPSA) is 37.8 Å². The number of anilines is 1. The molecule has 5 heteroatoms. The van der Waals surface area contributed by atoms with Crippen LogP contribution in [0.3, 0.4) is 0 Å². The highest BCUT2D eigenvalue weighted by Crippen LogP contribution is 2.25. The highest BCUT2D eigenvalue weighted by Gasteiger charge is 2.23. The second kappa shape index (κ2) is 5.29. The van der Waals surface area contributed by atoms with E-state index in [4.69, 9.17) is 23.2 Å². The zero-order chi connectivity index (χ0) is 13.2. The number of rotatable bonds is 4. The van der Waals surface area contributed by atoms with Crippen molar-refractivity contribution >= 4 is 39.8 Å². The monoisotopic (exact) mass is 283 g/mol. The number of aryl methyl sites for hydroxylation is 1. The fraction of sp³-hybridized carbons (Fsp3) is 0.385. The highest BCUT2D eigenvalue weighted by atomic mass is 35.5. The zero-order valence-electron chi connectivity index (χ0n) is 10.4. The van der Waals surface area contributed by atoms with E-state index in [1.54, 1.807) is 0 Å². The van der Waals surface area contributed by atoms with Crippen molar-refractivity contribution in [1.82, 2.24) is 10.2 Å². The van der Waals surface area contributed by atoms with Gasteiger partial charge in [0.2, 0.25) is 0 Å². The average Bonchev–Trinajstić information content (AvgIpc) is 2.42. The largest absolute Gasteiger partial charge is 0.360 e. The van der Waals surface area contributed by atoms with E-state index in [1.165, 1.54) is 0 Å². The standard InChI is InChI=1S/C13H15Cl2N3/c1-9-10-5-3-4-6-11(10)12(18-17-9)16-13(2,7-14)8-15/h3-6H,7-8H2,1-2H3,(H,16,18). The number of nitrogens with zero attached hydrogens (tertiary/aromatic N) is 2. The normalized spacial score (nSPS) is 11.8. The Labute approximate surface area is 117 Å². The van der Waals surface area contributed by atoms with Crippen LogP contribution in [-0.2, 0) is 0 Å². The number of hydrogen-bond donors (Lipinski definition) is 1. The molecule has 0 fully saturated rings. The molecule has 0 saturated heterocycles. The van der Waals surface area contributed by atoms with Crippen LogP contribution in [0.15, 0.2) is 24.3 Å². The van der Waals surface area contributed by atoms with E-state index >= 15 is 0 Å². The Kier molecular flexibility index (Phi) is 3.93. The number of alkyl halides is 2. The van der Waals surface area contributed by atoms with E-state index in [0.29, 0.717) is 11.8 Å². The molecule has 0 aliphatic heterocycles. The molecule has 0 spiro atoms. The Morgan fingerprint density at radius 1 is 1.11 bits per heavy atom. The van der Waals surface area contributed by atoms with E-state index in [2.05, 4.69) is 15.5 Å². The van der Waals surface area contributed by atoms with Gasteiger partial charge in [-0.2, -0.15) is 5.10 Å². The summed E-state index contributed by atoms with van der Waals surface area (Å²) in [6.07, 6.45) is 0. The maximum absolute atomic E-state index is 5.95. The van der Waals surface area contributed by atoms with Crippen LogP contribution in [0.1, 0.15) is 12.6 Å². The lowest BCUT2D eigenvalue weighted by molar-refractivity contribution is 0.644. The van der Waals surface area contributed by atoms with Crippen molar-refractivity contribution < 1.29 is 0 Å². The highest BCUT2D eigenvalue weighted by molar-refractivity contribution is 6.22. The maximum Gasteiger partial charge on any atom is 0.157 e. The van der Waals surface area contributed by atoms with Crippen LogP contribution in [0.4, 0.5) is 5.82 Å². The number of hydrogen-bond acceptors (Lipinski definition) is 3. The quantitative estimate of drug-likeness (QED) is 0.872. The molecular formula is C13H15Cl2N3. The van der Waals surface area contributed by atoms with E-state index < -0.39 is 5.54 Å². The van der Waals surface area contributed by atoms with Gasteiger partial charge in [-0.25, -0.2) is 0 Å². The van der Waals surface area contributed by atoms with Crippen molar-refractivity contribution in [2.45, 2.75) is 19.4 Å². The summed E-state index contributed by atoms with van der Waals surface area (Å²) in [7, 11) is 0. The Bertz CT molecular complexity index is 553. The first-order valence-electron chi connectivity index (χ1n) is 5.72. The van der Waals surface area contributed by atoms with Gasteiger partial charge in [-0.15, -0.1) is 28.3 Å². The van der Waals surface area contributed by atoms with Crippen LogP contribution in [0.2, 0.25) is 0 Å². The molecule has 3 nitrogen and oxygen atoms in total. The van der Waals surface area contributed by atoms with Gasteiger partial charge < -0.3 is 5.32 Å². The van der Waals surface area contributed by atoms with Crippen molar-refractivity contribution in [2.75, 3.05) is 17.1 Å². The zero-order valence-corrected chi connectivity index (χ0v) is 11.9. The smallest absolute Gasteiger partial charge is 0.157 e. The van der Waals surface area contributed by atoms with Gasteiger partial charge in [0.1, 0.15) is 0 Å². The molecule has 1 heterocycles. The lowest BCUT2D eigenvalue weighted by atomic mass is 10.1. The molecule has 0 aliphatic carbocycles. The van der Waals surface area contributed by atoms with Gasteiger partial charge in [0.05, 0.1) is 11.2 Å². The number of aromatic nitrogens is 2. The SMILES string of the molecule is Cc1nnc(NC(C)(CCl)CCl)c2ccccc12. The Balaban J connectivity index is 2.49. The van der Waals surface area contributed by atoms with Gasteiger partial charge in [0.15, 0.2) is 5.82 Å². The van der Waals surface area contributed by atoms with Gasteiger partial charge in [0, 0.05) is 22.5 Å². The fourth-order valence-corrected chi connectivity index (χ4v) is 2.14. The van der Waals surface area contributed by atoms with Crippen LogP contribution < -0.4 is 5.32 Å². The molecule has 1 aromatic carbocycles. The molecule has 0 atom stereocenters.